The molecule has 0 saturated carbocycles. The number of amides is 1. The quantitative estimate of drug-likeness (QED) is 0.614. The number of aryl methyl sites for hydroxylation is 1. The highest BCUT2D eigenvalue weighted by Crippen LogP contribution is 2.23. The Hall–Kier alpha value is -3.19. The lowest BCUT2D eigenvalue weighted by molar-refractivity contribution is -0.0790. The number of nitrogens with one attached hydrogen (secondary N) is 1. The SMILES string of the molecule is Cc1cc(C=CC(F)(F)F)ccc1C(=O)Nc1ccc2cc(C(C)O)cnc2c1. The van der Waals surface area contributed by atoms with Gasteiger partial charge < -0.3 is 10.4 Å². The number of halogens is 3. The van der Waals surface area contributed by atoms with Crippen LogP contribution in [0.25, 0.3) is 17.0 Å². The first-order valence-electron chi connectivity index (χ1n) is 8.88. The number of fused-ring (bicyclic) bond motifs is 1. The molecule has 0 aliphatic rings. The molecule has 1 amide bonds. The van der Waals surface area contributed by atoms with Crippen LogP contribution in [0.3, 0.4) is 0 Å². The summed E-state index contributed by atoms with van der Waals surface area (Å²) in [7, 11) is 0. The van der Waals surface area contributed by atoms with E-state index in [4.69, 9.17) is 0 Å². The molecule has 29 heavy (non-hydrogen) atoms. The van der Waals surface area contributed by atoms with E-state index >= 15 is 0 Å². The molecule has 0 aliphatic carbocycles. The van der Waals surface area contributed by atoms with Crippen molar-refractivity contribution < 1.29 is 23.1 Å². The molecule has 0 radical (unpaired) electrons. The Bertz CT molecular complexity index is 1090. The molecule has 4 nitrogen and oxygen atoms in total. The lowest BCUT2D eigenvalue weighted by Crippen LogP contribution is -2.13. The highest BCUT2D eigenvalue weighted by Gasteiger charge is 2.21. The van der Waals surface area contributed by atoms with Gasteiger partial charge in [0.05, 0.1) is 11.6 Å². The molecule has 0 bridgehead atoms. The van der Waals surface area contributed by atoms with Crippen LogP contribution in [0.4, 0.5) is 18.9 Å². The number of anilines is 1. The van der Waals surface area contributed by atoms with Gasteiger partial charge in [0.1, 0.15) is 0 Å². The van der Waals surface area contributed by atoms with Crippen LogP contribution in [0.1, 0.15) is 40.1 Å². The first-order valence-corrected chi connectivity index (χ1v) is 8.88. The Morgan fingerprint density at radius 2 is 1.93 bits per heavy atom. The van der Waals surface area contributed by atoms with Crippen LogP contribution in [0, 0.1) is 6.92 Å². The van der Waals surface area contributed by atoms with E-state index in [1.165, 1.54) is 18.2 Å². The highest BCUT2D eigenvalue weighted by molar-refractivity contribution is 6.06. The van der Waals surface area contributed by atoms with Crippen molar-refractivity contribution in [3.05, 3.63) is 77.0 Å². The normalized spacial score (nSPS) is 13.0. The molecule has 1 atom stereocenters. The number of pyridine rings is 1. The van der Waals surface area contributed by atoms with Gasteiger partial charge in [-0.25, -0.2) is 0 Å². The zero-order chi connectivity index (χ0) is 21.2. The van der Waals surface area contributed by atoms with Gasteiger partial charge in [-0.1, -0.05) is 24.3 Å². The molecule has 2 N–H and O–H groups in total. The first-order chi connectivity index (χ1) is 13.6. The van der Waals surface area contributed by atoms with Gasteiger partial charge in [0, 0.05) is 28.9 Å². The summed E-state index contributed by atoms with van der Waals surface area (Å²) < 4.78 is 36.9. The van der Waals surface area contributed by atoms with E-state index < -0.39 is 12.3 Å². The number of hydrogen-bond acceptors (Lipinski definition) is 3. The highest BCUT2D eigenvalue weighted by atomic mass is 19.4. The van der Waals surface area contributed by atoms with E-state index in [2.05, 4.69) is 10.3 Å². The molecule has 1 aromatic heterocycles. The van der Waals surface area contributed by atoms with Crippen molar-refractivity contribution in [1.29, 1.82) is 0 Å². The Balaban J connectivity index is 1.79. The Labute approximate surface area is 165 Å². The van der Waals surface area contributed by atoms with Crippen molar-refractivity contribution in [2.75, 3.05) is 5.32 Å². The van der Waals surface area contributed by atoms with E-state index in [0.29, 0.717) is 33.5 Å². The smallest absolute Gasteiger partial charge is 0.389 e. The van der Waals surface area contributed by atoms with Crippen LogP contribution in [0.15, 0.2) is 54.7 Å². The van der Waals surface area contributed by atoms with Crippen LogP contribution in [0.5, 0.6) is 0 Å². The third-order valence-corrected chi connectivity index (χ3v) is 4.41. The summed E-state index contributed by atoms with van der Waals surface area (Å²) in [6.45, 7) is 3.32. The van der Waals surface area contributed by atoms with E-state index in [-0.39, 0.29) is 12.0 Å². The van der Waals surface area contributed by atoms with E-state index in [1.807, 2.05) is 6.07 Å². The third kappa shape index (κ3) is 5.20. The maximum absolute atomic E-state index is 12.6. The number of rotatable bonds is 4. The fraction of sp³-hybridized carbons (Fsp3) is 0.182. The first kappa shape index (κ1) is 20.5. The lowest BCUT2D eigenvalue weighted by Gasteiger charge is -2.10. The molecule has 1 heterocycles. The van der Waals surface area contributed by atoms with Crippen LogP contribution < -0.4 is 5.32 Å². The number of carbonyl (C=O) groups excluding carboxylic acids is 1. The van der Waals surface area contributed by atoms with Crippen LogP contribution >= 0.6 is 0 Å². The summed E-state index contributed by atoms with van der Waals surface area (Å²) in [4.78, 5) is 16.9. The zero-order valence-electron chi connectivity index (χ0n) is 15.8. The summed E-state index contributed by atoms with van der Waals surface area (Å²) in [5, 5.41) is 13.3. The summed E-state index contributed by atoms with van der Waals surface area (Å²) in [6, 6.07) is 11.5. The number of hydrogen-bond donors (Lipinski definition) is 2. The molecule has 0 aliphatic heterocycles. The van der Waals surface area contributed by atoms with Crippen LogP contribution in [0.2, 0.25) is 0 Å². The Morgan fingerprint density at radius 3 is 2.59 bits per heavy atom. The lowest BCUT2D eigenvalue weighted by atomic mass is 10.0. The zero-order valence-corrected chi connectivity index (χ0v) is 15.8. The van der Waals surface area contributed by atoms with Crippen molar-refractivity contribution in [2.45, 2.75) is 26.1 Å². The average Bonchev–Trinajstić information content (AvgIpc) is 2.65. The second-order valence-corrected chi connectivity index (χ2v) is 6.76. The number of allylic oxidation sites excluding steroid dienone is 1. The van der Waals surface area contributed by atoms with E-state index in [9.17, 15) is 23.1 Å². The minimum Gasteiger partial charge on any atom is -0.389 e. The Morgan fingerprint density at radius 1 is 1.17 bits per heavy atom. The molecule has 3 rings (SSSR count). The standard InChI is InChI=1S/C22H19F3N2O2/c1-13-9-15(7-8-22(23,24)25)3-6-19(13)21(29)27-18-5-4-16-10-17(14(2)28)12-26-20(16)11-18/h3-12,14,28H,1-2H3,(H,27,29). The largest absolute Gasteiger partial charge is 0.409 e. The van der Waals surface area contributed by atoms with Gasteiger partial charge in [-0.15, -0.1) is 0 Å². The molecular formula is C22H19F3N2O2. The number of aliphatic hydroxyl groups is 1. The van der Waals surface area contributed by atoms with Gasteiger partial charge in [-0.3, -0.25) is 9.78 Å². The van der Waals surface area contributed by atoms with Crippen LogP contribution in [-0.2, 0) is 0 Å². The summed E-state index contributed by atoms with van der Waals surface area (Å²) in [5.74, 6) is -0.367. The van der Waals surface area contributed by atoms with E-state index in [1.54, 1.807) is 38.2 Å². The second kappa shape index (κ2) is 8.05. The van der Waals surface area contributed by atoms with Crippen molar-refractivity contribution in [2.24, 2.45) is 0 Å². The van der Waals surface area contributed by atoms with Crippen LogP contribution in [-0.4, -0.2) is 22.2 Å². The van der Waals surface area contributed by atoms with Gasteiger partial charge in [0.15, 0.2) is 0 Å². The fourth-order valence-electron chi connectivity index (χ4n) is 2.88. The number of benzene rings is 2. The topological polar surface area (TPSA) is 62.2 Å². The summed E-state index contributed by atoms with van der Waals surface area (Å²) in [5.41, 5.74) is 3.19. The maximum Gasteiger partial charge on any atom is 0.409 e. The number of alkyl halides is 3. The van der Waals surface area contributed by atoms with Crippen molar-refractivity contribution in [3.8, 4) is 0 Å². The fourth-order valence-corrected chi connectivity index (χ4v) is 2.88. The molecule has 7 heteroatoms. The number of nitrogens with zero attached hydrogens (tertiary/aromatic N) is 1. The summed E-state index contributed by atoms with van der Waals surface area (Å²) in [6.07, 6.45) is -2.30. The minimum absolute atomic E-state index is 0.159. The molecular weight excluding hydrogens is 381 g/mol. The van der Waals surface area contributed by atoms with Crippen molar-refractivity contribution in [1.82, 2.24) is 4.98 Å². The predicted octanol–water partition coefficient (Wildman–Crippen LogP) is 5.42. The maximum atomic E-state index is 12.6. The number of aromatic nitrogens is 1. The monoisotopic (exact) mass is 400 g/mol. The van der Waals surface area contributed by atoms with Gasteiger partial charge in [-0.05, 0) is 54.8 Å². The van der Waals surface area contributed by atoms with Gasteiger partial charge >= 0.3 is 6.18 Å². The number of aliphatic hydroxyl groups excluding tert-OH is 1. The minimum atomic E-state index is -4.38. The average molecular weight is 400 g/mol. The molecule has 2 aromatic carbocycles. The summed E-state index contributed by atoms with van der Waals surface area (Å²) >= 11 is 0. The van der Waals surface area contributed by atoms with Gasteiger partial charge in [-0.2, -0.15) is 13.2 Å². The third-order valence-electron chi connectivity index (χ3n) is 4.41. The van der Waals surface area contributed by atoms with Gasteiger partial charge in [0.2, 0.25) is 0 Å². The molecule has 0 spiro atoms. The van der Waals surface area contributed by atoms with Gasteiger partial charge in [0.25, 0.3) is 5.91 Å². The number of carbonyl (C=O) groups is 1. The predicted molar refractivity (Wildman–Crippen MR) is 107 cm³/mol. The molecule has 0 fully saturated rings. The molecule has 3 aromatic rings. The van der Waals surface area contributed by atoms with E-state index in [0.717, 1.165) is 11.5 Å². The second-order valence-electron chi connectivity index (χ2n) is 6.76. The van der Waals surface area contributed by atoms with Crippen molar-refractivity contribution in [3.63, 3.8) is 0 Å². The van der Waals surface area contributed by atoms with Crippen molar-refractivity contribution >= 4 is 28.6 Å². The molecule has 1 unspecified atom stereocenters. The Kier molecular flexibility index (Phi) is 5.70. The molecule has 150 valence electrons. The molecule has 0 saturated heterocycles.